The van der Waals surface area contributed by atoms with Crippen LogP contribution in [0.2, 0.25) is 0 Å². The van der Waals surface area contributed by atoms with E-state index >= 15 is 0 Å². The summed E-state index contributed by atoms with van der Waals surface area (Å²) in [4.78, 5) is 12.2. The summed E-state index contributed by atoms with van der Waals surface area (Å²) < 4.78 is 5.01. The molecule has 0 bridgehead atoms. The van der Waals surface area contributed by atoms with Crippen molar-refractivity contribution >= 4 is 17.7 Å². The van der Waals surface area contributed by atoms with Gasteiger partial charge in [0.2, 0.25) is 0 Å². The third-order valence-corrected chi connectivity index (χ3v) is 4.39. The number of carbonyl (C=O) groups is 1. The van der Waals surface area contributed by atoms with Crippen LogP contribution in [0.5, 0.6) is 0 Å². The van der Waals surface area contributed by atoms with Crippen molar-refractivity contribution < 1.29 is 9.53 Å². The molecule has 0 aliphatic heterocycles. The van der Waals surface area contributed by atoms with Crippen molar-refractivity contribution in [1.82, 2.24) is 5.32 Å². The fraction of sp³-hybridized carbons (Fsp3) is 0.533. The minimum atomic E-state index is -0.739. The Morgan fingerprint density at radius 1 is 1.32 bits per heavy atom. The predicted octanol–water partition coefficient (Wildman–Crippen LogP) is 2.81. The highest BCUT2D eigenvalue weighted by atomic mass is 32.2. The summed E-state index contributed by atoms with van der Waals surface area (Å²) in [6, 6.07) is 9.79. The van der Waals surface area contributed by atoms with Crippen LogP contribution in [0.1, 0.15) is 25.3 Å². The van der Waals surface area contributed by atoms with Crippen LogP contribution in [-0.2, 0) is 15.1 Å². The van der Waals surface area contributed by atoms with Gasteiger partial charge in [0.1, 0.15) is 5.54 Å². The van der Waals surface area contributed by atoms with Crippen LogP contribution >= 0.6 is 11.8 Å². The van der Waals surface area contributed by atoms with Crippen LogP contribution in [0.4, 0.5) is 0 Å². The Balaban J connectivity index is 2.92. The summed E-state index contributed by atoms with van der Waals surface area (Å²) in [5, 5.41) is 3.17. The first kappa shape index (κ1) is 16.1. The van der Waals surface area contributed by atoms with Crippen LogP contribution in [0, 0.1) is 0 Å². The lowest BCUT2D eigenvalue weighted by Crippen LogP contribution is -2.48. The van der Waals surface area contributed by atoms with E-state index in [1.807, 2.05) is 49.1 Å². The van der Waals surface area contributed by atoms with Gasteiger partial charge in [-0.05, 0) is 37.0 Å². The molecule has 106 valence electrons. The second-order valence-electron chi connectivity index (χ2n) is 4.38. The van der Waals surface area contributed by atoms with Gasteiger partial charge in [-0.3, -0.25) is 0 Å². The summed E-state index contributed by atoms with van der Waals surface area (Å²) in [6.45, 7) is 2.16. The van der Waals surface area contributed by atoms with E-state index in [0.29, 0.717) is 0 Å². The van der Waals surface area contributed by atoms with Crippen molar-refractivity contribution in [2.45, 2.75) is 25.3 Å². The van der Waals surface area contributed by atoms with Gasteiger partial charge >= 0.3 is 5.97 Å². The number of ether oxygens (including phenoxy) is 1. The van der Waals surface area contributed by atoms with Crippen molar-refractivity contribution in [3.05, 3.63) is 35.9 Å². The second-order valence-corrected chi connectivity index (χ2v) is 5.60. The molecule has 0 amide bonds. The lowest BCUT2D eigenvalue weighted by Gasteiger charge is -2.31. The fourth-order valence-corrected chi connectivity index (χ4v) is 3.05. The van der Waals surface area contributed by atoms with Gasteiger partial charge in [-0.15, -0.1) is 0 Å². The van der Waals surface area contributed by atoms with Crippen LogP contribution in [0.15, 0.2) is 30.3 Å². The zero-order chi connectivity index (χ0) is 14.1. The van der Waals surface area contributed by atoms with E-state index in [4.69, 9.17) is 4.74 Å². The average molecular weight is 281 g/mol. The molecule has 4 heteroatoms. The number of nitrogens with one attached hydrogen (secondary N) is 1. The third kappa shape index (κ3) is 3.98. The molecule has 19 heavy (non-hydrogen) atoms. The smallest absolute Gasteiger partial charge is 0.330 e. The Bertz CT molecular complexity index is 383. The Labute approximate surface area is 120 Å². The van der Waals surface area contributed by atoms with E-state index in [0.717, 1.165) is 29.9 Å². The highest BCUT2D eigenvalue weighted by molar-refractivity contribution is 7.99. The maximum absolute atomic E-state index is 12.2. The Morgan fingerprint density at radius 2 is 2.00 bits per heavy atom. The lowest BCUT2D eigenvalue weighted by molar-refractivity contribution is -0.149. The zero-order valence-electron chi connectivity index (χ0n) is 11.9. The molecule has 1 atom stereocenters. The molecule has 0 spiro atoms. The topological polar surface area (TPSA) is 38.3 Å². The monoisotopic (exact) mass is 281 g/mol. The van der Waals surface area contributed by atoms with E-state index in [-0.39, 0.29) is 5.97 Å². The molecule has 0 saturated carbocycles. The quantitative estimate of drug-likeness (QED) is 0.587. The number of methoxy groups -OCH3 is 1. The molecule has 0 aromatic heterocycles. The number of hydrogen-bond acceptors (Lipinski definition) is 4. The molecule has 1 rings (SSSR count). The normalized spacial score (nSPS) is 13.8. The first-order valence-electron chi connectivity index (χ1n) is 6.62. The first-order valence-corrected chi connectivity index (χ1v) is 7.77. The SMILES string of the molecule is CCCSCCC(NC)(C(=O)OC)c1ccccc1. The molecule has 0 fully saturated rings. The number of rotatable bonds is 8. The van der Waals surface area contributed by atoms with Gasteiger partial charge in [0.15, 0.2) is 0 Å². The van der Waals surface area contributed by atoms with Gasteiger partial charge in [-0.2, -0.15) is 11.8 Å². The highest BCUT2D eigenvalue weighted by Gasteiger charge is 2.39. The maximum Gasteiger partial charge on any atom is 0.330 e. The maximum atomic E-state index is 12.2. The van der Waals surface area contributed by atoms with E-state index in [2.05, 4.69) is 12.2 Å². The van der Waals surface area contributed by atoms with Crippen LogP contribution in [0.3, 0.4) is 0 Å². The van der Waals surface area contributed by atoms with Crippen molar-refractivity contribution in [2.75, 3.05) is 25.7 Å². The predicted molar refractivity (Wildman–Crippen MR) is 81.4 cm³/mol. The number of thioether (sulfide) groups is 1. The summed E-state index contributed by atoms with van der Waals surface area (Å²) in [6.07, 6.45) is 1.88. The van der Waals surface area contributed by atoms with Crippen molar-refractivity contribution in [1.29, 1.82) is 0 Å². The molecular formula is C15H23NO2S. The summed E-state index contributed by atoms with van der Waals surface area (Å²) >= 11 is 1.87. The molecular weight excluding hydrogens is 258 g/mol. The summed E-state index contributed by atoms with van der Waals surface area (Å²) in [7, 11) is 3.25. The van der Waals surface area contributed by atoms with Gasteiger partial charge in [-0.1, -0.05) is 37.3 Å². The summed E-state index contributed by atoms with van der Waals surface area (Å²) in [5.41, 5.74) is 0.220. The van der Waals surface area contributed by atoms with Gasteiger partial charge in [-0.25, -0.2) is 4.79 Å². The lowest BCUT2D eigenvalue weighted by atomic mass is 9.87. The highest BCUT2D eigenvalue weighted by Crippen LogP contribution is 2.28. The Morgan fingerprint density at radius 3 is 2.53 bits per heavy atom. The van der Waals surface area contributed by atoms with Crippen LogP contribution < -0.4 is 5.32 Å². The van der Waals surface area contributed by atoms with Gasteiger partial charge in [0, 0.05) is 0 Å². The second kappa shape index (κ2) is 8.23. The Hall–Kier alpha value is -1.00. The number of hydrogen-bond donors (Lipinski definition) is 1. The third-order valence-electron chi connectivity index (χ3n) is 3.20. The van der Waals surface area contributed by atoms with E-state index in [1.54, 1.807) is 0 Å². The van der Waals surface area contributed by atoms with Crippen molar-refractivity contribution in [3.8, 4) is 0 Å². The minimum Gasteiger partial charge on any atom is -0.467 e. The van der Waals surface area contributed by atoms with Crippen molar-refractivity contribution in [3.63, 3.8) is 0 Å². The molecule has 1 aromatic rings. The minimum absolute atomic E-state index is 0.224. The standard InChI is InChI=1S/C15H23NO2S/c1-4-11-19-12-10-15(16-2,14(17)18-3)13-8-6-5-7-9-13/h5-9,16H,4,10-12H2,1-3H3. The molecule has 0 saturated heterocycles. The largest absolute Gasteiger partial charge is 0.467 e. The van der Waals surface area contributed by atoms with Gasteiger partial charge < -0.3 is 10.1 Å². The number of benzene rings is 1. The average Bonchev–Trinajstić information content (AvgIpc) is 2.48. The van der Waals surface area contributed by atoms with E-state index < -0.39 is 5.54 Å². The molecule has 3 nitrogen and oxygen atoms in total. The molecule has 0 aliphatic carbocycles. The van der Waals surface area contributed by atoms with E-state index in [1.165, 1.54) is 7.11 Å². The van der Waals surface area contributed by atoms with Gasteiger partial charge in [0.25, 0.3) is 0 Å². The molecule has 0 aliphatic rings. The Kier molecular flexibility index (Phi) is 6.95. The van der Waals surface area contributed by atoms with Crippen LogP contribution in [0.25, 0.3) is 0 Å². The number of carbonyl (C=O) groups excluding carboxylic acids is 1. The molecule has 0 radical (unpaired) electrons. The van der Waals surface area contributed by atoms with Gasteiger partial charge in [0.05, 0.1) is 7.11 Å². The van der Waals surface area contributed by atoms with E-state index in [9.17, 15) is 4.79 Å². The summed E-state index contributed by atoms with van der Waals surface area (Å²) in [5.74, 6) is 1.83. The molecule has 1 N–H and O–H groups in total. The molecule has 0 heterocycles. The zero-order valence-corrected chi connectivity index (χ0v) is 12.8. The molecule has 1 unspecified atom stereocenters. The molecule has 1 aromatic carbocycles. The number of esters is 1. The first-order chi connectivity index (χ1) is 9.21. The van der Waals surface area contributed by atoms with Crippen molar-refractivity contribution in [2.24, 2.45) is 0 Å². The number of likely N-dealkylation sites (N-methyl/N-ethyl adjacent to an activating group) is 1. The fourth-order valence-electron chi connectivity index (χ4n) is 2.10. The van der Waals surface area contributed by atoms with Crippen LogP contribution in [-0.4, -0.2) is 31.6 Å².